The minimum absolute atomic E-state index is 0.665. The zero-order valence-electron chi connectivity index (χ0n) is 12.1. The first-order valence-electron chi connectivity index (χ1n) is 7.75. The number of nitrogens with zero attached hydrogens (tertiary/aromatic N) is 2. The third kappa shape index (κ3) is 2.41. The van der Waals surface area contributed by atoms with Crippen LogP contribution in [0, 0.1) is 5.92 Å². The van der Waals surface area contributed by atoms with Crippen LogP contribution in [0.25, 0.3) is 11.0 Å². The summed E-state index contributed by atoms with van der Waals surface area (Å²) in [6, 6.07) is 9.29. The van der Waals surface area contributed by atoms with Crippen LogP contribution in [0.5, 0.6) is 0 Å². The second-order valence-electron chi connectivity index (χ2n) is 6.06. The Hall–Kier alpha value is -1.31. The topological polar surface area (TPSA) is 17.8 Å². The van der Waals surface area contributed by atoms with Crippen LogP contribution in [-0.4, -0.2) is 9.55 Å². The minimum atomic E-state index is 0.665. The van der Waals surface area contributed by atoms with E-state index in [-0.39, 0.29) is 0 Å². The molecule has 2 nitrogen and oxygen atoms in total. The number of imidazole rings is 1. The van der Waals surface area contributed by atoms with Crippen LogP contribution >= 0.6 is 0 Å². The Labute approximate surface area is 115 Å². The predicted molar refractivity (Wildman–Crippen MR) is 80.4 cm³/mol. The lowest BCUT2D eigenvalue weighted by Crippen LogP contribution is -2.19. The molecule has 2 unspecified atom stereocenters. The van der Waals surface area contributed by atoms with Gasteiger partial charge in [0.1, 0.15) is 5.82 Å². The maximum absolute atomic E-state index is 4.87. The van der Waals surface area contributed by atoms with Crippen molar-refractivity contribution < 1.29 is 0 Å². The number of hydrogen-bond acceptors (Lipinski definition) is 1. The molecule has 0 aliphatic heterocycles. The molecule has 0 amide bonds. The highest BCUT2D eigenvalue weighted by Crippen LogP contribution is 2.35. The average Bonchev–Trinajstić information content (AvgIpc) is 2.77. The van der Waals surface area contributed by atoms with E-state index >= 15 is 0 Å². The smallest absolute Gasteiger partial charge is 0.110 e. The van der Waals surface area contributed by atoms with E-state index in [0.29, 0.717) is 6.04 Å². The fourth-order valence-corrected chi connectivity index (χ4v) is 3.54. The lowest BCUT2D eigenvalue weighted by Gasteiger charge is -2.29. The fourth-order valence-electron chi connectivity index (χ4n) is 3.54. The van der Waals surface area contributed by atoms with Crippen molar-refractivity contribution in [1.29, 1.82) is 0 Å². The van der Waals surface area contributed by atoms with Crippen LogP contribution in [0.15, 0.2) is 24.3 Å². The standard InChI is InChI=1S/C17H24N2/c1-3-7-17-18-15-10-4-5-11-16(15)19(17)14-9-6-8-13(2)12-14/h4-5,10-11,13-14H,3,6-9,12H2,1-2H3. The molecule has 0 spiro atoms. The van der Waals surface area contributed by atoms with Gasteiger partial charge >= 0.3 is 0 Å². The molecule has 1 aromatic heterocycles. The summed E-state index contributed by atoms with van der Waals surface area (Å²) in [4.78, 5) is 4.87. The Bertz CT molecular complexity index is 555. The van der Waals surface area contributed by atoms with Crippen LogP contribution in [0.3, 0.4) is 0 Å². The maximum Gasteiger partial charge on any atom is 0.110 e. The summed E-state index contributed by atoms with van der Waals surface area (Å²) < 4.78 is 2.55. The normalized spacial score (nSPS) is 23.9. The highest BCUT2D eigenvalue weighted by molar-refractivity contribution is 5.76. The van der Waals surface area contributed by atoms with Crippen molar-refractivity contribution in [2.75, 3.05) is 0 Å². The number of rotatable bonds is 3. The van der Waals surface area contributed by atoms with Crippen molar-refractivity contribution in [2.24, 2.45) is 5.92 Å². The van der Waals surface area contributed by atoms with Gasteiger partial charge in [0.05, 0.1) is 11.0 Å². The summed E-state index contributed by atoms with van der Waals surface area (Å²) in [5.74, 6) is 2.15. The highest BCUT2D eigenvalue weighted by Gasteiger charge is 2.23. The molecular formula is C17H24N2. The van der Waals surface area contributed by atoms with Gasteiger partial charge in [-0.25, -0.2) is 4.98 Å². The quantitative estimate of drug-likeness (QED) is 0.775. The predicted octanol–water partition coefficient (Wildman–Crippen LogP) is 4.74. The molecule has 0 N–H and O–H groups in total. The van der Waals surface area contributed by atoms with Gasteiger partial charge in [-0.3, -0.25) is 0 Å². The Morgan fingerprint density at radius 1 is 1.26 bits per heavy atom. The van der Waals surface area contributed by atoms with E-state index in [4.69, 9.17) is 4.98 Å². The van der Waals surface area contributed by atoms with Crippen molar-refractivity contribution in [3.63, 3.8) is 0 Å². The number of fused-ring (bicyclic) bond motifs is 1. The van der Waals surface area contributed by atoms with E-state index in [1.165, 1.54) is 49.0 Å². The Kier molecular flexibility index (Phi) is 3.58. The monoisotopic (exact) mass is 256 g/mol. The van der Waals surface area contributed by atoms with Crippen LogP contribution in [0.1, 0.15) is 57.8 Å². The van der Waals surface area contributed by atoms with Gasteiger partial charge in [0.15, 0.2) is 0 Å². The Balaban J connectivity index is 2.06. The fraction of sp³-hybridized carbons (Fsp3) is 0.588. The van der Waals surface area contributed by atoms with Gasteiger partial charge in [-0.15, -0.1) is 0 Å². The Morgan fingerprint density at radius 3 is 2.89 bits per heavy atom. The number of aromatic nitrogens is 2. The van der Waals surface area contributed by atoms with Crippen molar-refractivity contribution in [3.8, 4) is 0 Å². The van der Waals surface area contributed by atoms with Crippen molar-refractivity contribution in [1.82, 2.24) is 9.55 Å². The average molecular weight is 256 g/mol. The van der Waals surface area contributed by atoms with E-state index in [2.05, 4.69) is 42.7 Å². The molecule has 2 heteroatoms. The number of aryl methyl sites for hydroxylation is 1. The molecular weight excluding hydrogens is 232 g/mol. The van der Waals surface area contributed by atoms with Gasteiger partial charge in [0.2, 0.25) is 0 Å². The van der Waals surface area contributed by atoms with E-state index in [1.807, 2.05) is 0 Å². The second-order valence-corrected chi connectivity index (χ2v) is 6.06. The summed E-state index contributed by atoms with van der Waals surface area (Å²) >= 11 is 0. The van der Waals surface area contributed by atoms with Crippen LogP contribution in [0.2, 0.25) is 0 Å². The zero-order valence-corrected chi connectivity index (χ0v) is 12.1. The molecule has 1 aliphatic carbocycles. The summed E-state index contributed by atoms with van der Waals surface area (Å²) in [6.07, 6.45) is 7.67. The summed E-state index contributed by atoms with van der Waals surface area (Å²) in [6.45, 7) is 4.64. The molecule has 102 valence electrons. The van der Waals surface area contributed by atoms with Gasteiger partial charge in [0, 0.05) is 12.5 Å². The molecule has 1 aromatic carbocycles. The summed E-state index contributed by atoms with van der Waals surface area (Å²) in [5.41, 5.74) is 2.51. The molecule has 2 aromatic rings. The maximum atomic E-state index is 4.87. The first-order valence-corrected chi connectivity index (χ1v) is 7.75. The van der Waals surface area contributed by atoms with E-state index < -0.39 is 0 Å². The van der Waals surface area contributed by atoms with E-state index in [1.54, 1.807) is 0 Å². The van der Waals surface area contributed by atoms with Crippen molar-refractivity contribution in [3.05, 3.63) is 30.1 Å². The van der Waals surface area contributed by atoms with E-state index in [9.17, 15) is 0 Å². The third-order valence-corrected chi connectivity index (χ3v) is 4.42. The van der Waals surface area contributed by atoms with Crippen LogP contribution in [-0.2, 0) is 6.42 Å². The van der Waals surface area contributed by atoms with Gasteiger partial charge < -0.3 is 4.57 Å². The van der Waals surface area contributed by atoms with Gasteiger partial charge in [-0.1, -0.05) is 38.8 Å². The lowest BCUT2D eigenvalue weighted by atomic mass is 9.86. The molecule has 2 atom stereocenters. The molecule has 1 saturated carbocycles. The SMILES string of the molecule is CCCc1nc2ccccc2n1C1CCCC(C)C1. The van der Waals surface area contributed by atoms with Crippen LogP contribution < -0.4 is 0 Å². The lowest BCUT2D eigenvalue weighted by molar-refractivity contribution is 0.282. The second kappa shape index (κ2) is 5.36. The van der Waals surface area contributed by atoms with E-state index in [0.717, 1.165) is 12.3 Å². The zero-order chi connectivity index (χ0) is 13.2. The summed E-state index contributed by atoms with van der Waals surface area (Å²) in [5, 5.41) is 0. The van der Waals surface area contributed by atoms with Crippen molar-refractivity contribution >= 4 is 11.0 Å². The molecule has 19 heavy (non-hydrogen) atoms. The summed E-state index contributed by atoms with van der Waals surface area (Å²) in [7, 11) is 0. The molecule has 0 radical (unpaired) electrons. The molecule has 1 aliphatic rings. The number of hydrogen-bond donors (Lipinski definition) is 0. The molecule has 0 saturated heterocycles. The van der Waals surface area contributed by atoms with Crippen LogP contribution in [0.4, 0.5) is 0 Å². The first-order chi connectivity index (χ1) is 9.29. The highest BCUT2D eigenvalue weighted by atomic mass is 15.1. The number of para-hydroxylation sites is 2. The molecule has 0 bridgehead atoms. The van der Waals surface area contributed by atoms with Gasteiger partial charge in [-0.2, -0.15) is 0 Å². The molecule has 1 heterocycles. The van der Waals surface area contributed by atoms with Gasteiger partial charge in [0.25, 0.3) is 0 Å². The molecule has 3 rings (SSSR count). The third-order valence-electron chi connectivity index (χ3n) is 4.42. The van der Waals surface area contributed by atoms with Gasteiger partial charge in [-0.05, 0) is 37.3 Å². The Morgan fingerprint density at radius 2 is 2.11 bits per heavy atom. The first kappa shape index (κ1) is 12.7. The molecule has 1 fully saturated rings. The number of benzene rings is 1. The largest absolute Gasteiger partial charge is 0.325 e. The minimum Gasteiger partial charge on any atom is -0.325 e. The van der Waals surface area contributed by atoms with Crippen molar-refractivity contribution in [2.45, 2.75) is 58.4 Å².